The number of ketones is 1. The third kappa shape index (κ3) is 5.26. The van der Waals surface area contributed by atoms with Crippen molar-refractivity contribution < 1.29 is 46.3 Å². The molecule has 2 saturated carbocycles. The first kappa shape index (κ1) is 27.3. The molecule has 2 unspecified atom stereocenters. The zero-order chi connectivity index (χ0) is 26.9. The predicted molar refractivity (Wildman–Crippen MR) is 124 cm³/mol. The average molecular weight is 527 g/mol. The highest BCUT2D eigenvalue weighted by molar-refractivity contribution is 7.85. The SMILES string of the molecule is CC1(C)C2CCC1(CS(=O)(=O)O)C(=O)C2.COc1cc(OC)nc(Oc2cccc(F)c2C(=O)O)n1. The Morgan fingerprint density at radius 1 is 1.19 bits per heavy atom. The summed E-state index contributed by atoms with van der Waals surface area (Å²) in [5, 5.41) is 9.02. The van der Waals surface area contributed by atoms with Crippen molar-refractivity contribution >= 4 is 21.9 Å². The Balaban J connectivity index is 0.000000212. The number of carbonyl (C=O) groups excluding carboxylic acids is 1. The minimum Gasteiger partial charge on any atom is -0.481 e. The lowest BCUT2D eigenvalue weighted by Gasteiger charge is -2.35. The second-order valence-corrected chi connectivity index (χ2v) is 10.6. The molecule has 2 aromatic rings. The summed E-state index contributed by atoms with van der Waals surface area (Å²) in [6, 6.07) is 4.82. The first-order chi connectivity index (χ1) is 16.7. The number of carboxylic acids is 1. The van der Waals surface area contributed by atoms with Gasteiger partial charge in [0, 0.05) is 6.42 Å². The fourth-order valence-electron chi connectivity index (χ4n) is 4.95. The number of hydrogen-bond donors (Lipinski definition) is 2. The van der Waals surface area contributed by atoms with E-state index in [0.717, 1.165) is 12.5 Å². The van der Waals surface area contributed by atoms with Crippen LogP contribution in [0, 0.1) is 22.6 Å². The van der Waals surface area contributed by atoms with Crippen LogP contribution in [0.25, 0.3) is 0 Å². The van der Waals surface area contributed by atoms with Gasteiger partial charge in [-0.2, -0.15) is 18.4 Å². The van der Waals surface area contributed by atoms with E-state index in [1.54, 1.807) is 0 Å². The Morgan fingerprint density at radius 2 is 1.81 bits per heavy atom. The molecule has 2 aliphatic rings. The zero-order valence-corrected chi connectivity index (χ0v) is 21.0. The molecule has 0 spiro atoms. The molecule has 2 fully saturated rings. The number of carbonyl (C=O) groups is 2. The van der Waals surface area contributed by atoms with E-state index in [2.05, 4.69) is 9.97 Å². The van der Waals surface area contributed by atoms with E-state index in [1.807, 2.05) is 13.8 Å². The van der Waals surface area contributed by atoms with Crippen LogP contribution in [-0.4, -0.2) is 59.8 Å². The molecule has 0 aliphatic heterocycles. The summed E-state index contributed by atoms with van der Waals surface area (Å²) in [6.45, 7) is 3.89. The molecule has 11 nitrogen and oxygen atoms in total. The number of aromatic nitrogens is 2. The van der Waals surface area contributed by atoms with Crippen LogP contribution in [0.4, 0.5) is 4.39 Å². The molecule has 2 aliphatic carbocycles. The van der Waals surface area contributed by atoms with Crippen LogP contribution < -0.4 is 14.2 Å². The van der Waals surface area contributed by atoms with Gasteiger partial charge in [0.15, 0.2) is 0 Å². The fourth-order valence-corrected chi connectivity index (χ4v) is 6.25. The summed E-state index contributed by atoms with van der Waals surface area (Å²) < 4.78 is 59.6. The van der Waals surface area contributed by atoms with Crippen LogP contribution in [0.15, 0.2) is 24.3 Å². The largest absolute Gasteiger partial charge is 0.481 e. The lowest BCUT2D eigenvalue weighted by Crippen LogP contribution is -2.42. The number of fused-ring (bicyclic) bond motifs is 2. The van der Waals surface area contributed by atoms with Gasteiger partial charge in [0.25, 0.3) is 10.1 Å². The summed E-state index contributed by atoms with van der Waals surface area (Å²) >= 11 is 0. The Hall–Kier alpha value is -3.32. The van der Waals surface area contributed by atoms with E-state index in [1.165, 1.54) is 32.4 Å². The maximum Gasteiger partial charge on any atom is 0.342 e. The van der Waals surface area contributed by atoms with Crippen LogP contribution in [0.2, 0.25) is 0 Å². The molecule has 0 saturated heterocycles. The number of carboxylic acid groups (broad SMARTS) is 1. The lowest BCUT2D eigenvalue weighted by molar-refractivity contribution is -0.128. The maximum atomic E-state index is 13.5. The predicted octanol–water partition coefficient (Wildman–Crippen LogP) is 3.39. The van der Waals surface area contributed by atoms with Crippen molar-refractivity contribution in [3.63, 3.8) is 0 Å². The fraction of sp³-hybridized carbons (Fsp3) is 0.478. The topological polar surface area (TPSA) is 162 Å². The van der Waals surface area contributed by atoms with E-state index < -0.39 is 38.6 Å². The molecule has 2 N–H and O–H groups in total. The monoisotopic (exact) mass is 526 g/mol. The first-order valence-corrected chi connectivity index (χ1v) is 12.5. The van der Waals surface area contributed by atoms with Crippen molar-refractivity contribution in [2.24, 2.45) is 16.7 Å². The van der Waals surface area contributed by atoms with Gasteiger partial charge in [-0.25, -0.2) is 9.18 Å². The van der Waals surface area contributed by atoms with Gasteiger partial charge < -0.3 is 19.3 Å². The molecule has 1 heterocycles. The van der Waals surface area contributed by atoms with Crippen LogP contribution in [0.1, 0.15) is 43.5 Å². The summed E-state index contributed by atoms with van der Waals surface area (Å²) in [4.78, 5) is 30.7. The van der Waals surface area contributed by atoms with Crippen molar-refractivity contribution in [1.29, 1.82) is 0 Å². The number of benzene rings is 1. The van der Waals surface area contributed by atoms with Crippen molar-refractivity contribution in [3.05, 3.63) is 35.6 Å². The van der Waals surface area contributed by atoms with E-state index in [0.29, 0.717) is 12.8 Å². The van der Waals surface area contributed by atoms with Crippen LogP contribution >= 0.6 is 0 Å². The van der Waals surface area contributed by atoms with Gasteiger partial charge in [-0.3, -0.25) is 9.35 Å². The van der Waals surface area contributed by atoms with Crippen molar-refractivity contribution in [1.82, 2.24) is 9.97 Å². The zero-order valence-electron chi connectivity index (χ0n) is 20.1. The van der Waals surface area contributed by atoms with Gasteiger partial charge in [0.1, 0.15) is 22.9 Å². The highest BCUT2D eigenvalue weighted by atomic mass is 32.2. The molecule has 36 heavy (non-hydrogen) atoms. The number of ether oxygens (including phenoxy) is 3. The Bertz CT molecular complexity index is 1260. The molecule has 4 rings (SSSR count). The molecular weight excluding hydrogens is 499 g/mol. The number of halogens is 1. The van der Waals surface area contributed by atoms with Crippen LogP contribution in [0.5, 0.6) is 23.5 Å². The van der Waals surface area contributed by atoms with E-state index in [9.17, 15) is 22.4 Å². The maximum absolute atomic E-state index is 13.5. The minimum atomic E-state index is -4.08. The molecule has 2 atom stereocenters. The Labute approximate surface area is 207 Å². The number of rotatable bonds is 7. The average Bonchev–Trinajstić information content (AvgIpc) is 3.12. The van der Waals surface area contributed by atoms with Crippen LogP contribution in [-0.2, 0) is 14.9 Å². The third-order valence-corrected chi connectivity index (χ3v) is 7.89. The molecule has 0 amide bonds. The summed E-state index contributed by atoms with van der Waals surface area (Å²) in [5.41, 5.74) is -1.73. The first-order valence-electron chi connectivity index (χ1n) is 10.9. The Kier molecular flexibility index (Phi) is 7.55. The van der Waals surface area contributed by atoms with E-state index in [4.69, 9.17) is 23.9 Å². The smallest absolute Gasteiger partial charge is 0.342 e. The third-order valence-electron chi connectivity index (χ3n) is 7.04. The second kappa shape index (κ2) is 9.97. The number of aromatic carboxylic acids is 1. The molecule has 1 aromatic carbocycles. The molecule has 13 heteroatoms. The van der Waals surface area contributed by atoms with Gasteiger partial charge in [-0.1, -0.05) is 19.9 Å². The lowest BCUT2D eigenvalue weighted by atomic mass is 9.70. The van der Waals surface area contributed by atoms with Gasteiger partial charge in [0.2, 0.25) is 11.8 Å². The summed E-state index contributed by atoms with van der Waals surface area (Å²) in [6.07, 6.45) is 1.97. The van der Waals surface area contributed by atoms with Crippen LogP contribution in [0.3, 0.4) is 0 Å². The number of Topliss-reactive ketones (excluding diaryl/α,β-unsaturated/α-hetero) is 1. The molecule has 1 aromatic heterocycles. The number of methoxy groups -OCH3 is 2. The molecular formula is C23H27FN2O9S. The van der Waals surface area contributed by atoms with Crippen molar-refractivity contribution in [3.8, 4) is 23.5 Å². The quantitative estimate of drug-likeness (QED) is 0.508. The van der Waals surface area contributed by atoms with E-state index in [-0.39, 0.29) is 40.6 Å². The van der Waals surface area contributed by atoms with Gasteiger partial charge in [-0.15, -0.1) is 0 Å². The van der Waals surface area contributed by atoms with Gasteiger partial charge in [0.05, 0.1) is 31.5 Å². The normalized spacial score (nSPS) is 21.9. The summed E-state index contributed by atoms with van der Waals surface area (Å²) in [7, 11) is -1.31. The van der Waals surface area contributed by atoms with Gasteiger partial charge >= 0.3 is 12.0 Å². The van der Waals surface area contributed by atoms with Gasteiger partial charge in [-0.05, 0) is 36.3 Å². The van der Waals surface area contributed by atoms with E-state index >= 15 is 0 Å². The summed E-state index contributed by atoms with van der Waals surface area (Å²) in [5.74, 6) is -2.39. The molecule has 0 radical (unpaired) electrons. The number of hydrogen-bond acceptors (Lipinski definition) is 9. The molecule has 196 valence electrons. The second-order valence-electron chi connectivity index (χ2n) is 9.15. The highest BCUT2D eigenvalue weighted by Gasteiger charge is 2.65. The number of nitrogens with zero attached hydrogens (tertiary/aromatic N) is 2. The highest BCUT2D eigenvalue weighted by Crippen LogP contribution is 2.64. The van der Waals surface area contributed by atoms with Crippen molar-refractivity contribution in [2.75, 3.05) is 20.0 Å². The minimum absolute atomic E-state index is 0.0152. The molecule has 2 bridgehead atoms. The van der Waals surface area contributed by atoms with Crippen molar-refractivity contribution in [2.45, 2.75) is 33.1 Å². The Morgan fingerprint density at radius 3 is 2.25 bits per heavy atom. The standard InChI is InChI=1S/C13H11FN2O5.C10H16O4S/c1-19-9-6-10(20-2)16-13(15-9)21-8-5-3-4-7(14)11(8)12(17)18;1-9(2)7-3-4-10(9,8(11)5-7)6-15(12,13)14/h3-6H,1-2H3,(H,17,18);7H,3-6H2,1-2H3,(H,12,13,14).